The second-order valence-corrected chi connectivity index (χ2v) is 5.47. The Hall–Kier alpha value is -2.25. The number of rotatable bonds is 7. The molecule has 1 aromatic rings. The maximum Gasteiger partial charge on any atom is 0.306 e. The number of carbonyl (C=O) groups is 2. The second-order valence-electron chi connectivity index (χ2n) is 5.47. The fraction of sp³-hybridized carbons (Fsp3) is 0.625. The third-order valence-corrected chi connectivity index (χ3v) is 3.79. The summed E-state index contributed by atoms with van der Waals surface area (Å²) in [6.45, 7) is 4.69. The molecule has 24 heavy (non-hydrogen) atoms. The maximum atomic E-state index is 14.1. The number of likely N-dealkylation sites (tertiary alicyclic amines) is 1. The Kier molecular flexibility index (Phi) is 6.45. The van der Waals surface area contributed by atoms with Gasteiger partial charge in [-0.2, -0.15) is 9.37 Å². The number of ether oxygens (including phenoxy) is 2. The van der Waals surface area contributed by atoms with Crippen molar-refractivity contribution in [3.05, 3.63) is 17.8 Å². The number of aryl methyl sites for hydroxylation is 1. The van der Waals surface area contributed by atoms with Gasteiger partial charge in [-0.3, -0.25) is 9.59 Å². The van der Waals surface area contributed by atoms with Gasteiger partial charge in [-0.05, 0) is 13.3 Å². The summed E-state index contributed by atoms with van der Waals surface area (Å²) in [5.74, 6) is -1.14. The van der Waals surface area contributed by atoms with Gasteiger partial charge in [0.25, 0.3) is 5.88 Å². The lowest BCUT2D eigenvalue weighted by molar-refractivity contribution is -0.145. The summed E-state index contributed by atoms with van der Waals surface area (Å²) in [7, 11) is 0. The highest BCUT2D eigenvalue weighted by molar-refractivity contribution is 5.81. The van der Waals surface area contributed by atoms with Crippen LogP contribution in [0.2, 0.25) is 0 Å². The monoisotopic (exact) mass is 339 g/mol. The summed E-state index contributed by atoms with van der Waals surface area (Å²) in [6, 6.07) is 0. The summed E-state index contributed by atoms with van der Waals surface area (Å²) in [4.78, 5) is 32.7. The zero-order valence-corrected chi connectivity index (χ0v) is 14.0. The molecular weight excluding hydrogens is 317 g/mol. The number of amides is 1. The van der Waals surface area contributed by atoms with E-state index in [0.717, 1.165) is 0 Å². The molecule has 8 heteroatoms. The van der Waals surface area contributed by atoms with Crippen molar-refractivity contribution in [2.75, 3.05) is 19.7 Å². The first-order valence-corrected chi connectivity index (χ1v) is 8.14. The van der Waals surface area contributed by atoms with Crippen LogP contribution < -0.4 is 4.74 Å². The molecule has 0 spiro atoms. The van der Waals surface area contributed by atoms with Crippen molar-refractivity contribution < 1.29 is 23.5 Å². The first-order chi connectivity index (χ1) is 11.5. The van der Waals surface area contributed by atoms with Crippen LogP contribution >= 0.6 is 0 Å². The van der Waals surface area contributed by atoms with Crippen LogP contribution in [0.25, 0.3) is 0 Å². The molecule has 1 unspecified atom stereocenters. The van der Waals surface area contributed by atoms with E-state index in [0.29, 0.717) is 38.2 Å². The molecule has 0 N–H and O–H groups in total. The summed E-state index contributed by atoms with van der Waals surface area (Å²) in [5, 5.41) is 0. The van der Waals surface area contributed by atoms with Crippen LogP contribution in [0, 0.1) is 5.82 Å². The lowest BCUT2D eigenvalue weighted by Crippen LogP contribution is -2.31. The molecule has 1 aromatic heterocycles. The summed E-state index contributed by atoms with van der Waals surface area (Å²) in [5.41, 5.74) is 0.306. The molecule has 0 aliphatic carbocycles. The minimum absolute atomic E-state index is 0.0646. The smallest absolute Gasteiger partial charge is 0.306 e. The Bertz CT molecular complexity index is 597. The molecule has 7 nitrogen and oxygen atoms in total. The molecule has 132 valence electrons. The molecule has 1 aliphatic heterocycles. The van der Waals surface area contributed by atoms with E-state index < -0.39 is 5.82 Å². The van der Waals surface area contributed by atoms with E-state index in [1.54, 1.807) is 18.7 Å². The van der Waals surface area contributed by atoms with Crippen LogP contribution in [0.4, 0.5) is 4.39 Å². The highest BCUT2D eigenvalue weighted by atomic mass is 19.1. The molecule has 1 fully saturated rings. The van der Waals surface area contributed by atoms with Crippen molar-refractivity contribution in [3.8, 4) is 5.88 Å². The van der Waals surface area contributed by atoms with Crippen molar-refractivity contribution in [2.24, 2.45) is 0 Å². The summed E-state index contributed by atoms with van der Waals surface area (Å²) >= 11 is 0. The number of esters is 1. The fourth-order valence-corrected chi connectivity index (χ4v) is 2.53. The highest BCUT2D eigenvalue weighted by Crippen LogP contribution is 2.21. The van der Waals surface area contributed by atoms with Crippen LogP contribution in [-0.2, 0) is 20.7 Å². The number of nitrogens with zero attached hydrogens (tertiary/aromatic N) is 3. The van der Waals surface area contributed by atoms with Crippen LogP contribution in [0.1, 0.15) is 38.8 Å². The quantitative estimate of drug-likeness (QED) is 0.700. The topological polar surface area (TPSA) is 81.6 Å². The van der Waals surface area contributed by atoms with Crippen molar-refractivity contribution in [3.63, 3.8) is 0 Å². The van der Waals surface area contributed by atoms with E-state index in [1.807, 2.05) is 0 Å². The zero-order chi connectivity index (χ0) is 17.5. The fourth-order valence-electron chi connectivity index (χ4n) is 2.53. The Morgan fingerprint density at radius 3 is 2.83 bits per heavy atom. The number of hydrogen-bond donors (Lipinski definition) is 0. The lowest BCUT2D eigenvalue weighted by atomic mass is 10.3. The second kappa shape index (κ2) is 8.56. The molecule has 0 aromatic carbocycles. The number of carbonyl (C=O) groups excluding carboxylic acids is 2. The minimum atomic E-state index is -0.549. The summed E-state index contributed by atoms with van der Waals surface area (Å²) < 4.78 is 24.5. The third kappa shape index (κ3) is 4.62. The Balaban J connectivity index is 1.85. The molecule has 0 radical (unpaired) electrons. The molecule has 1 aliphatic rings. The van der Waals surface area contributed by atoms with Crippen molar-refractivity contribution in [1.29, 1.82) is 0 Å². The Labute approximate surface area is 140 Å². The van der Waals surface area contributed by atoms with Gasteiger partial charge >= 0.3 is 5.97 Å². The zero-order valence-electron chi connectivity index (χ0n) is 14.0. The van der Waals surface area contributed by atoms with Crippen molar-refractivity contribution in [1.82, 2.24) is 14.9 Å². The van der Waals surface area contributed by atoms with E-state index in [2.05, 4.69) is 9.97 Å². The molecule has 1 saturated heterocycles. The molecule has 0 bridgehead atoms. The lowest BCUT2D eigenvalue weighted by Gasteiger charge is -2.17. The highest BCUT2D eigenvalue weighted by Gasteiger charge is 2.29. The predicted octanol–water partition coefficient (Wildman–Crippen LogP) is 1.50. The number of halogens is 1. The molecule has 2 rings (SSSR count). The van der Waals surface area contributed by atoms with Crippen LogP contribution in [0.5, 0.6) is 5.88 Å². The molecule has 1 amide bonds. The van der Waals surface area contributed by atoms with E-state index in [9.17, 15) is 14.0 Å². The van der Waals surface area contributed by atoms with E-state index in [1.165, 1.54) is 6.33 Å². The Morgan fingerprint density at radius 2 is 2.12 bits per heavy atom. The number of aromatic nitrogens is 2. The van der Waals surface area contributed by atoms with Crippen LogP contribution in [-0.4, -0.2) is 52.5 Å². The van der Waals surface area contributed by atoms with Gasteiger partial charge in [-0.15, -0.1) is 0 Å². The molecule has 2 heterocycles. The predicted molar refractivity (Wildman–Crippen MR) is 82.8 cm³/mol. The Morgan fingerprint density at radius 1 is 1.33 bits per heavy atom. The van der Waals surface area contributed by atoms with Crippen molar-refractivity contribution >= 4 is 11.9 Å². The average molecular weight is 339 g/mol. The SMILES string of the molecule is CCOC(=O)CCC(=O)N1CCC(Oc2ncnc(CC)c2F)C1. The van der Waals surface area contributed by atoms with E-state index in [4.69, 9.17) is 9.47 Å². The van der Waals surface area contributed by atoms with E-state index >= 15 is 0 Å². The largest absolute Gasteiger partial charge is 0.470 e. The standard InChI is InChI=1S/C16H22FN3O4/c1-3-12-15(17)16(19-10-18-12)24-11-7-8-20(9-11)13(21)5-6-14(22)23-4-2/h10-11H,3-9H2,1-2H3. The van der Waals surface area contributed by atoms with Gasteiger partial charge in [0.05, 0.1) is 25.3 Å². The van der Waals surface area contributed by atoms with Gasteiger partial charge in [-0.25, -0.2) is 4.98 Å². The van der Waals surface area contributed by atoms with Crippen LogP contribution in [0.3, 0.4) is 0 Å². The van der Waals surface area contributed by atoms with Crippen LogP contribution in [0.15, 0.2) is 6.33 Å². The third-order valence-electron chi connectivity index (χ3n) is 3.79. The van der Waals surface area contributed by atoms with Gasteiger partial charge < -0.3 is 14.4 Å². The minimum Gasteiger partial charge on any atom is -0.470 e. The number of hydrogen-bond acceptors (Lipinski definition) is 6. The van der Waals surface area contributed by atoms with Gasteiger partial charge in [0, 0.05) is 19.4 Å². The van der Waals surface area contributed by atoms with E-state index in [-0.39, 0.29) is 36.7 Å². The first-order valence-electron chi connectivity index (χ1n) is 8.14. The maximum absolute atomic E-state index is 14.1. The van der Waals surface area contributed by atoms with Gasteiger partial charge in [0.2, 0.25) is 11.7 Å². The van der Waals surface area contributed by atoms with Crippen molar-refractivity contribution in [2.45, 2.75) is 45.6 Å². The first kappa shape index (κ1) is 18.1. The average Bonchev–Trinajstić information content (AvgIpc) is 3.03. The molecular formula is C16H22FN3O4. The summed E-state index contributed by atoms with van der Waals surface area (Å²) in [6.07, 6.45) is 2.17. The van der Waals surface area contributed by atoms with Gasteiger partial charge in [0.15, 0.2) is 0 Å². The molecule has 0 saturated carbocycles. The van der Waals surface area contributed by atoms with Gasteiger partial charge in [-0.1, -0.05) is 6.92 Å². The normalized spacial score (nSPS) is 17.0. The van der Waals surface area contributed by atoms with Gasteiger partial charge in [0.1, 0.15) is 12.4 Å². The molecule has 1 atom stereocenters.